The summed E-state index contributed by atoms with van der Waals surface area (Å²) in [5.74, 6) is 0. The van der Waals surface area contributed by atoms with Crippen LogP contribution in [0, 0.1) is 0 Å². The predicted octanol–water partition coefficient (Wildman–Crippen LogP) is 3.77. The minimum absolute atomic E-state index is 0.679. The highest BCUT2D eigenvalue weighted by Crippen LogP contribution is 2.26. The first kappa shape index (κ1) is 13.9. The Morgan fingerprint density at radius 3 is 2.75 bits per heavy atom. The Bertz CT molecular complexity index is 228. The van der Waals surface area contributed by atoms with Gasteiger partial charge in [0.15, 0.2) is 5.17 Å². The lowest BCUT2D eigenvalue weighted by atomic mass is 10.0. The molecule has 0 aromatic heterocycles. The number of hydrogen-bond acceptors (Lipinski definition) is 2. The number of piperidine rings is 1. The first-order valence-electron chi connectivity index (χ1n) is 6.62. The standard InChI is InChI=1S/C13H26N2S/c1-5-11(3)16-13(14-4)15-10-8-7-9-12(15)6-2/h11-12H,5-10H2,1-4H3/b14-13-/t11-,12-/m1/s1. The summed E-state index contributed by atoms with van der Waals surface area (Å²) in [6, 6.07) is 0.726. The van der Waals surface area contributed by atoms with Gasteiger partial charge >= 0.3 is 0 Å². The molecule has 1 saturated heterocycles. The van der Waals surface area contributed by atoms with E-state index in [1.165, 1.54) is 43.8 Å². The van der Waals surface area contributed by atoms with Gasteiger partial charge in [0.1, 0.15) is 0 Å². The number of amidine groups is 1. The molecule has 0 radical (unpaired) electrons. The Labute approximate surface area is 105 Å². The van der Waals surface area contributed by atoms with Crippen LogP contribution in [0.25, 0.3) is 0 Å². The molecule has 16 heavy (non-hydrogen) atoms. The Morgan fingerprint density at radius 2 is 2.19 bits per heavy atom. The lowest BCUT2D eigenvalue weighted by molar-refractivity contribution is 0.240. The third-order valence-electron chi connectivity index (χ3n) is 3.42. The lowest BCUT2D eigenvalue weighted by Gasteiger charge is -2.37. The van der Waals surface area contributed by atoms with E-state index in [1.54, 1.807) is 0 Å². The average molecular weight is 242 g/mol. The largest absolute Gasteiger partial charge is 0.349 e. The predicted molar refractivity (Wildman–Crippen MR) is 75.3 cm³/mol. The highest BCUT2D eigenvalue weighted by Gasteiger charge is 2.24. The maximum atomic E-state index is 4.50. The highest BCUT2D eigenvalue weighted by atomic mass is 32.2. The van der Waals surface area contributed by atoms with Crippen LogP contribution in [0.15, 0.2) is 4.99 Å². The van der Waals surface area contributed by atoms with E-state index in [-0.39, 0.29) is 0 Å². The fraction of sp³-hybridized carbons (Fsp3) is 0.923. The van der Waals surface area contributed by atoms with Gasteiger partial charge in [0.05, 0.1) is 0 Å². The van der Waals surface area contributed by atoms with Crippen molar-refractivity contribution in [2.75, 3.05) is 13.6 Å². The van der Waals surface area contributed by atoms with E-state index in [0.717, 1.165) is 6.04 Å². The second-order valence-corrected chi connectivity index (χ2v) is 6.00. The average Bonchev–Trinajstić information content (AvgIpc) is 2.35. The van der Waals surface area contributed by atoms with Gasteiger partial charge in [0.25, 0.3) is 0 Å². The third-order valence-corrected chi connectivity index (χ3v) is 4.78. The molecule has 0 aliphatic carbocycles. The summed E-state index contributed by atoms with van der Waals surface area (Å²) >= 11 is 1.95. The Balaban J connectivity index is 2.63. The van der Waals surface area contributed by atoms with Gasteiger partial charge in [-0.05, 0) is 32.1 Å². The smallest absolute Gasteiger partial charge is 0.159 e. The van der Waals surface area contributed by atoms with Crippen LogP contribution in [-0.4, -0.2) is 35.0 Å². The fourth-order valence-electron chi connectivity index (χ4n) is 2.19. The number of likely N-dealkylation sites (tertiary alicyclic amines) is 1. The van der Waals surface area contributed by atoms with Crippen LogP contribution < -0.4 is 0 Å². The molecule has 0 N–H and O–H groups in total. The van der Waals surface area contributed by atoms with Gasteiger partial charge in [0, 0.05) is 24.9 Å². The van der Waals surface area contributed by atoms with Crippen LogP contribution in [0.3, 0.4) is 0 Å². The molecule has 0 unspecified atom stereocenters. The van der Waals surface area contributed by atoms with Crippen molar-refractivity contribution in [3.63, 3.8) is 0 Å². The summed E-state index contributed by atoms with van der Waals surface area (Å²) in [4.78, 5) is 7.05. The zero-order valence-corrected chi connectivity index (χ0v) is 12.0. The van der Waals surface area contributed by atoms with E-state index < -0.39 is 0 Å². The maximum absolute atomic E-state index is 4.50. The summed E-state index contributed by atoms with van der Waals surface area (Å²) in [5, 5.41) is 1.94. The third kappa shape index (κ3) is 3.69. The van der Waals surface area contributed by atoms with E-state index in [1.807, 2.05) is 18.8 Å². The summed E-state index contributed by atoms with van der Waals surface area (Å²) in [7, 11) is 1.94. The van der Waals surface area contributed by atoms with Crippen molar-refractivity contribution in [2.24, 2.45) is 4.99 Å². The molecule has 1 rings (SSSR count). The molecule has 2 nitrogen and oxygen atoms in total. The summed E-state index contributed by atoms with van der Waals surface area (Å²) < 4.78 is 0. The molecule has 94 valence electrons. The van der Waals surface area contributed by atoms with E-state index in [4.69, 9.17) is 0 Å². The van der Waals surface area contributed by atoms with Gasteiger partial charge in [-0.25, -0.2) is 0 Å². The summed E-state index contributed by atoms with van der Waals surface area (Å²) in [6.07, 6.45) is 6.53. The molecule has 2 atom stereocenters. The summed E-state index contributed by atoms with van der Waals surface area (Å²) in [6.45, 7) is 8.04. The monoisotopic (exact) mass is 242 g/mol. The van der Waals surface area contributed by atoms with Crippen LogP contribution in [0.5, 0.6) is 0 Å². The molecule has 0 bridgehead atoms. The minimum atomic E-state index is 0.679. The number of nitrogens with zero attached hydrogens (tertiary/aromatic N) is 2. The second-order valence-electron chi connectivity index (χ2n) is 4.59. The van der Waals surface area contributed by atoms with Crippen molar-refractivity contribution in [3.05, 3.63) is 0 Å². The molecule has 0 saturated carbocycles. The van der Waals surface area contributed by atoms with E-state index in [0.29, 0.717) is 5.25 Å². The molecule has 0 amide bonds. The van der Waals surface area contributed by atoms with Gasteiger partial charge in [-0.15, -0.1) is 0 Å². The molecule has 3 heteroatoms. The van der Waals surface area contributed by atoms with E-state index >= 15 is 0 Å². The molecule has 0 aromatic rings. The molecular formula is C13H26N2S. The zero-order chi connectivity index (χ0) is 12.0. The Morgan fingerprint density at radius 1 is 1.44 bits per heavy atom. The number of aliphatic imine (C=N–C) groups is 1. The normalized spacial score (nSPS) is 24.6. The number of thioether (sulfide) groups is 1. The quantitative estimate of drug-likeness (QED) is 0.553. The van der Waals surface area contributed by atoms with Crippen LogP contribution >= 0.6 is 11.8 Å². The number of rotatable bonds is 3. The van der Waals surface area contributed by atoms with E-state index in [9.17, 15) is 0 Å². The second kappa shape index (κ2) is 7.21. The van der Waals surface area contributed by atoms with E-state index in [2.05, 4.69) is 30.7 Å². The molecule has 0 aromatic carbocycles. The fourth-order valence-corrected chi connectivity index (χ4v) is 3.20. The topological polar surface area (TPSA) is 15.6 Å². The molecular weight excluding hydrogens is 216 g/mol. The van der Waals surface area contributed by atoms with Crippen LogP contribution in [0.2, 0.25) is 0 Å². The van der Waals surface area contributed by atoms with Crippen LogP contribution in [-0.2, 0) is 0 Å². The minimum Gasteiger partial charge on any atom is -0.349 e. The van der Waals surface area contributed by atoms with Gasteiger partial charge in [-0.1, -0.05) is 32.5 Å². The van der Waals surface area contributed by atoms with Crippen molar-refractivity contribution in [2.45, 2.75) is 64.2 Å². The van der Waals surface area contributed by atoms with Gasteiger partial charge in [-0.3, -0.25) is 4.99 Å². The van der Waals surface area contributed by atoms with Crippen molar-refractivity contribution in [3.8, 4) is 0 Å². The number of hydrogen-bond donors (Lipinski definition) is 0. The highest BCUT2D eigenvalue weighted by molar-refractivity contribution is 8.14. The Hall–Kier alpha value is -0.180. The Kier molecular flexibility index (Phi) is 6.25. The molecule has 0 spiro atoms. The van der Waals surface area contributed by atoms with Crippen LogP contribution in [0.4, 0.5) is 0 Å². The van der Waals surface area contributed by atoms with Crippen LogP contribution in [0.1, 0.15) is 52.9 Å². The first-order chi connectivity index (χ1) is 7.72. The zero-order valence-electron chi connectivity index (χ0n) is 11.2. The van der Waals surface area contributed by atoms with Crippen molar-refractivity contribution < 1.29 is 0 Å². The van der Waals surface area contributed by atoms with Crippen molar-refractivity contribution in [1.29, 1.82) is 0 Å². The first-order valence-corrected chi connectivity index (χ1v) is 7.50. The van der Waals surface area contributed by atoms with Gasteiger partial charge in [-0.2, -0.15) is 0 Å². The molecule has 1 fully saturated rings. The lowest BCUT2D eigenvalue weighted by Crippen LogP contribution is -2.42. The van der Waals surface area contributed by atoms with Crippen molar-refractivity contribution >= 4 is 16.9 Å². The van der Waals surface area contributed by atoms with Gasteiger partial charge in [0.2, 0.25) is 0 Å². The van der Waals surface area contributed by atoms with Gasteiger partial charge < -0.3 is 4.90 Å². The molecule has 1 heterocycles. The SMILES string of the molecule is CC[C@@H]1CCCCN1/C(=N/C)S[C@H](C)CC. The molecule has 1 aliphatic rings. The molecule has 1 aliphatic heterocycles. The van der Waals surface area contributed by atoms with Crippen molar-refractivity contribution in [1.82, 2.24) is 4.90 Å². The maximum Gasteiger partial charge on any atom is 0.159 e. The summed E-state index contributed by atoms with van der Waals surface area (Å²) in [5.41, 5.74) is 0.